The Labute approximate surface area is 70.1 Å². The Kier molecular flexibility index (Phi) is 206. The molecule has 0 aliphatic carbocycles. The predicted octanol–water partition coefficient (Wildman–Crippen LogP) is -3.32. The van der Waals surface area contributed by atoms with Gasteiger partial charge in [-0.25, -0.2) is 0 Å². The van der Waals surface area contributed by atoms with Crippen LogP contribution in [0.1, 0.15) is 1.43 Å². The summed E-state index contributed by atoms with van der Waals surface area (Å²) in [6.07, 6.45) is 0. The fraction of sp³-hybridized carbons (Fsp3) is 0. The first kappa shape index (κ1) is 24.7. The van der Waals surface area contributed by atoms with Gasteiger partial charge in [0.15, 0.2) is 0 Å². The van der Waals surface area contributed by atoms with E-state index < -0.39 is 0 Å². The molecule has 0 aliphatic rings. The second kappa shape index (κ2) is 66.5. The normalized spacial score (nSPS) is 3.00. The molecule has 0 bridgehead atoms. The van der Waals surface area contributed by atoms with Crippen molar-refractivity contribution in [2.75, 3.05) is 0 Å². The first-order chi connectivity index (χ1) is 2.83. The van der Waals surface area contributed by atoms with E-state index in [1.54, 1.807) is 0 Å². The van der Waals surface area contributed by atoms with E-state index in [1.165, 1.54) is 0 Å². The van der Waals surface area contributed by atoms with Crippen LogP contribution >= 0.6 is 0 Å². The van der Waals surface area contributed by atoms with Crippen LogP contribution in [0.3, 0.4) is 0 Å². The molecule has 0 saturated carbocycles. The molecule has 0 heterocycles. The van der Waals surface area contributed by atoms with Gasteiger partial charge in [0.25, 0.3) is 12.9 Å². The summed E-state index contributed by atoms with van der Waals surface area (Å²) in [5.74, 6) is 0. The topological polar surface area (TPSA) is 110 Å². The summed E-state index contributed by atoms with van der Waals surface area (Å²) < 4.78 is 0. The van der Waals surface area contributed by atoms with Crippen molar-refractivity contribution in [1.29, 1.82) is 0 Å². The fourth-order valence-corrected chi connectivity index (χ4v) is 0. The van der Waals surface area contributed by atoms with E-state index in [0.29, 0.717) is 0 Å². The van der Waals surface area contributed by atoms with Crippen molar-refractivity contribution in [3.05, 3.63) is 0 Å². The van der Waals surface area contributed by atoms with Crippen LogP contribution in [-0.4, -0.2) is 23.2 Å². The predicted molar refractivity (Wildman–Crippen MR) is 23.5 cm³/mol. The van der Waals surface area contributed by atoms with Gasteiger partial charge in [-0.3, -0.25) is 9.59 Å². The Morgan fingerprint density at radius 1 is 1.12 bits per heavy atom. The Balaban J connectivity index is -0.00000000889. The molecule has 0 atom stereocenters. The van der Waals surface area contributed by atoms with Gasteiger partial charge in [0, 0.05) is 0 Å². The first-order valence-corrected chi connectivity index (χ1v) is 0.988. The van der Waals surface area contributed by atoms with Crippen LogP contribution in [0, 0.1) is 0 Å². The Morgan fingerprint density at radius 3 is 1.12 bits per heavy atom. The largest absolute Gasteiger partial charge is 1.00 e. The minimum Gasteiger partial charge on any atom is -1.00 e. The van der Waals surface area contributed by atoms with Gasteiger partial charge in [0.05, 0.1) is 0 Å². The summed E-state index contributed by atoms with van der Waals surface area (Å²) in [5, 5.41) is 13.8. The van der Waals surface area contributed by atoms with Crippen molar-refractivity contribution in [2.45, 2.75) is 0 Å². The monoisotopic (exact) mass is 133 g/mol. The standard InChI is InChI=1S/2CH2O2.H3N.Na.H/c2*2-1-3;;;/h2*1H,(H,2,3);1H3;;/q;;;+1;-1. The maximum Gasteiger partial charge on any atom is 1.00 e. The Hall–Kier alpha value is -0.100. The Morgan fingerprint density at radius 2 is 1.12 bits per heavy atom. The molecule has 5 N–H and O–H groups in total. The second-order valence-electron chi connectivity index (χ2n) is 0.211. The summed E-state index contributed by atoms with van der Waals surface area (Å²) >= 11 is 0. The molecule has 46 valence electrons. The van der Waals surface area contributed by atoms with Crippen molar-refractivity contribution in [2.24, 2.45) is 0 Å². The zero-order valence-electron chi connectivity index (χ0n) is 5.57. The number of hydrogen-bond acceptors (Lipinski definition) is 3. The van der Waals surface area contributed by atoms with Gasteiger partial charge >= 0.3 is 29.6 Å². The van der Waals surface area contributed by atoms with Crippen molar-refractivity contribution in [3.63, 3.8) is 0 Å². The average Bonchev–Trinajstić information content (AvgIpc) is 1.39. The van der Waals surface area contributed by atoms with Crippen molar-refractivity contribution in [1.82, 2.24) is 6.15 Å². The minimum absolute atomic E-state index is 0. The molecule has 0 spiro atoms. The number of carboxylic acid groups (broad SMARTS) is 2. The summed E-state index contributed by atoms with van der Waals surface area (Å²) in [6, 6.07) is 0. The Bertz CT molecular complexity index is 39.5. The van der Waals surface area contributed by atoms with E-state index in [9.17, 15) is 0 Å². The van der Waals surface area contributed by atoms with Crippen molar-refractivity contribution < 1.29 is 50.8 Å². The van der Waals surface area contributed by atoms with Gasteiger partial charge in [0.1, 0.15) is 0 Å². The molecular formula is C2H8NNaO4. The zero-order chi connectivity index (χ0) is 5.41. The van der Waals surface area contributed by atoms with Crippen molar-refractivity contribution in [3.8, 4) is 0 Å². The van der Waals surface area contributed by atoms with Gasteiger partial charge < -0.3 is 17.8 Å². The molecule has 0 amide bonds. The van der Waals surface area contributed by atoms with Crippen LogP contribution < -0.4 is 35.7 Å². The summed E-state index contributed by atoms with van der Waals surface area (Å²) in [7, 11) is 0. The van der Waals surface area contributed by atoms with Gasteiger partial charge in [-0.2, -0.15) is 0 Å². The first-order valence-electron chi connectivity index (χ1n) is 0.988. The molecule has 0 rings (SSSR count). The van der Waals surface area contributed by atoms with E-state index in [2.05, 4.69) is 0 Å². The van der Waals surface area contributed by atoms with E-state index in [4.69, 9.17) is 19.8 Å². The maximum absolute atomic E-state index is 8.36. The number of carbonyl (C=O) groups is 2. The third kappa shape index (κ3) is 14200. The SMILES string of the molecule is N.O=CO.O=CO.[H-].[Na+]. The van der Waals surface area contributed by atoms with Gasteiger partial charge in [-0.05, 0) is 0 Å². The molecule has 0 aromatic heterocycles. The third-order valence-corrected chi connectivity index (χ3v) is 0. The molecule has 0 aromatic carbocycles. The maximum atomic E-state index is 8.36. The fourth-order valence-electron chi connectivity index (χ4n) is 0. The van der Waals surface area contributed by atoms with Crippen LogP contribution in [0.2, 0.25) is 0 Å². The molecule has 8 heavy (non-hydrogen) atoms. The molecule has 0 aromatic rings. The summed E-state index contributed by atoms with van der Waals surface area (Å²) in [4.78, 5) is 16.7. The quantitative estimate of drug-likeness (QED) is 0.236. The van der Waals surface area contributed by atoms with Crippen LogP contribution in [-0.2, 0) is 9.59 Å². The van der Waals surface area contributed by atoms with Crippen LogP contribution in [0.5, 0.6) is 0 Å². The summed E-state index contributed by atoms with van der Waals surface area (Å²) in [5.41, 5.74) is 0. The molecular weight excluding hydrogens is 125 g/mol. The third-order valence-electron chi connectivity index (χ3n) is 0. The number of hydrogen-bond donors (Lipinski definition) is 3. The molecule has 0 fully saturated rings. The van der Waals surface area contributed by atoms with E-state index in [0.717, 1.165) is 0 Å². The van der Waals surface area contributed by atoms with Crippen molar-refractivity contribution >= 4 is 12.9 Å². The molecule has 0 unspecified atom stereocenters. The second-order valence-corrected chi connectivity index (χ2v) is 0.211. The van der Waals surface area contributed by atoms with Gasteiger partial charge in [-0.15, -0.1) is 0 Å². The summed E-state index contributed by atoms with van der Waals surface area (Å²) in [6.45, 7) is -0.500. The van der Waals surface area contributed by atoms with E-state index >= 15 is 0 Å². The molecule has 0 aliphatic heterocycles. The molecule has 0 radical (unpaired) electrons. The van der Waals surface area contributed by atoms with E-state index in [1.807, 2.05) is 0 Å². The van der Waals surface area contributed by atoms with Crippen LogP contribution in [0.15, 0.2) is 0 Å². The minimum atomic E-state index is -0.250. The van der Waals surface area contributed by atoms with E-state index in [-0.39, 0.29) is 50.1 Å². The average molecular weight is 133 g/mol. The molecule has 0 saturated heterocycles. The molecule has 6 heteroatoms. The number of rotatable bonds is 0. The van der Waals surface area contributed by atoms with Gasteiger partial charge in [0.2, 0.25) is 0 Å². The molecule has 5 nitrogen and oxygen atoms in total. The van der Waals surface area contributed by atoms with Gasteiger partial charge in [-0.1, -0.05) is 0 Å². The smallest absolute Gasteiger partial charge is 1.00 e. The van der Waals surface area contributed by atoms with Crippen LogP contribution in [0.25, 0.3) is 0 Å². The van der Waals surface area contributed by atoms with Crippen LogP contribution in [0.4, 0.5) is 0 Å². The zero-order valence-corrected chi connectivity index (χ0v) is 6.57.